The summed E-state index contributed by atoms with van der Waals surface area (Å²) >= 11 is 0. The molecule has 0 unspecified atom stereocenters. The van der Waals surface area contributed by atoms with Crippen molar-refractivity contribution in [1.82, 2.24) is 10.3 Å². The van der Waals surface area contributed by atoms with Crippen LogP contribution in [0.15, 0.2) is 42.6 Å². The summed E-state index contributed by atoms with van der Waals surface area (Å²) in [5, 5.41) is 5.77. The van der Waals surface area contributed by atoms with Crippen molar-refractivity contribution in [2.75, 3.05) is 18.5 Å². The summed E-state index contributed by atoms with van der Waals surface area (Å²) < 4.78 is 11.2. The minimum absolute atomic E-state index is 0.196. The highest BCUT2D eigenvalue weighted by molar-refractivity contribution is 5.89. The lowest BCUT2D eigenvalue weighted by Crippen LogP contribution is -2.36. The molecule has 2 amide bonds. The van der Waals surface area contributed by atoms with Gasteiger partial charge in [-0.15, -0.1) is 0 Å². The van der Waals surface area contributed by atoms with Gasteiger partial charge in [-0.2, -0.15) is 0 Å². The Hall–Kier alpha value is -2.60. The number of carbonyl (C=O) groups is 1. The molecule has 0 saturated carbocycles. The molecule has 2 N–H and O–H groups in total. The number of nitrogens with zero attached hydrogens (tertiary/aromatic N) is 1. The van der Waals surface area contributed by atoms with Crippen LogP contribution in [0.1, 0.15) is 25.3 Å². The number of rotatable bonds is 5. The number of aryl methyl sites for hydroxylation is 1. The van der Waals surface area contributed by atoms with E-state index in [-0.39, 0.29) is 12.1 Å². The monoisotopic (exact) mass is 355 g/mol. The molecule has 0 bridgehead atoms. The van der Waals surface area contributed by atoms with Crippen molar-refractivity contribution in [3.63, 3.8) is 0 Å². The zero-order chi connectivity index (χ0) is 18.4. The number of aromatic nitrogens is 1. The zero-order valence-electron chi connectivity index (χ0n) is 15.2. The minimum Gasteiger partial charge on any atom is -0.439 e. The van der Waals surface area contributed by atoms with E-state index >= 15 is 0 Å². The van der Waals surface area contributed by atoms with Crippen LogP contribution in [0.2, 0.25) is 0 Å². The van der Waals surface area contributed by atoms with Crippen molar-refractivity contribution < 1.29 is 14.3 Å². The first kappa shape index (κ1) is 18.2. The molecule has 2 aromatic rings. The lowest BCUT2D eigenvalue weighted by molar-refractivity contribution is 0.00354. The van der Waals surface area contributed by atoms with Gasteiger partial charge in [-0.05, 0) is 62.4 Å². The molecule has 3 rings (SSSR count). The van der Waals surface area contributed by atoms with Crippen LogP contribution >= 0.6 is 0 Å². The smallest absolute Gasteiger partial charge is 0.319 e. The van der Waals surface area contributed by atoms with Crippen molar-refractivity contribution in [2.45, 2.75) is 32.8 Å². The molecule has 1 aliphatic heterocycles. The lowest BCUT2D eigenvalue weighted by atomic mass is 9.96. The highest BCUT2D eigenvalue weighted by atomic mass is 16.5. The summed E-state index contributed by atoms with van der Waals surface area (Å²) in [4.78, 5) is 16.3. The third kappa shape index (κ3) is 5.46. The summed E-state index contributed by atoms with van der Waals surface area (Å²) in [6.45, 7) is 5.49. The van der Waals surface area contributed by atoms with Crippen molar-refractivity contribution in [3.8, 4) is 11.6 Å². The fraction of sp³-hybridized carbons (Fsp3) is 0.400. The SMILES string of the molecule is Cc1ccc(Oc2ccc(NC(=O)NC[C@H]3CCO[C@H](C)C3)cc2)nc1. The second-order valence-electron chi connectivity index (χ2n) is 6.71. The Balaban J connectivity index is 1.46. The van der Waals surface area contributed by atoms with E-state index in [1.165, 1.54) is 0 Å². The number of carbonyl (C=O) groups excluding carboxylic acids is 1. The molecule has 1 saturated heterocycles. The highest BCUT2D eigenvalue weighted by Crippen LogP contribution is 2.22. The molecule has 1 aromatic carbocycles. The Morgan fingerprint density at radius 1 is 1.27 bits per heavy atom. The standard InChI is InChI=1S/C20H25N3O3/c1-14-3-8-19(21-12-14)26-18-6-4-17(5-7-18)23-20(24)22-13-16-9-10-25-15(2)11-16/h3-8,12,15-16H,9-11,13H2,1-2H3,(H2,22,23,24)/t15-,16+/m1/s1. The number of hydrogen-bond donors (Lipinski definition) is 2. The number of ether oxygens (including phenoxy) is 2. The molecule has 1 fully saturated rings. The van der Waals surface area contributed by atoms with E-state index in [1.54, 1.807) is 30.5 Å². The molecule has 1 aliphatic rings. The number of nitrogens with one attached hydrogen (secondary N) is 2. The average Bonchev–Trinajstić information content (AvgIpc) is 2.64. The number of benzene rings is 1. The molecule has 0 spiro atoms. The third-order valence-electron chi connectivity index (χ3n) is 4.36. The Kier molecular flexibility index (Phi) is 6.07. The number of pyridine rings is 1. The summed E-state index contributed by atoms with van der Waals surface area (Å²) in [6.07, 6.45) is 4.01. The first-order valence-corrected chi connectivity index (χ1v) is 8.95. The van der Waals surface area contributed by atoms with Gasteiger partial charge in [-0.3, -0.25) is 0 Å². The molecule has 6 heteroatoms. The molecule has 0 radical (unpaired) electrons. The number of amides is 2. The van der Waals surface area contributed by atoms with Crippen LogP contribution in [0.25, 0.3) is 0 Å². The van der Waals surface area contributed by atoms with Crippen LogP contribution in [0, 0.1) is 12.8 Å². The van der Waals surface area contributed by atoms with Gasteiger partial charge in [0.25, 0.3) is 0 Å². The van der Waals surface area contributed by atoms with E-state index in [0.29, 0.717) is 29.8 Å². The van der Waals surface area contributed by atoms with Crippen molar-refractivity contribution in [1.29, 1.82) is 0 Å². The molecule has 26 heavy (non-hydrogen) atoms. The number of hydrogen-bond acceptors (Lipinski definition) is 4. The molecule has 1 aromatic heterocycles. The van der Waals surface area contributed by atoms with E-state index in [1.807, 2.05) is 19.1 Å². The Labute approximate surface area is 153 Å². The highest BCUT2D eigenvalue weighted by Gasteiger charge is 2.19. The lowest BCUT2D eigenvalue weighted by Gasteiger charge is -2.27. The fourth-order valence-electron chi connectivity index (χ4n) is 2.93. The van der Waals surface area contributed by atoms with Gasteiger partial charge >= 0.3 is 6.03 Å². The van der Waals surface area contributed by atoms with Crippen LogP contribution < -0.4 is 15.4 Å². The van der Waals surface area contributed by atoms with E-state index in [2.05, 4.69) is 22.5 Å². The maximum Gasteiger partial charge on any atom is 0.319 e. The summed E-state index contributed by atoms with van der Waals surface area (Å²) in [5.74, 6) is 1.69. The topological polar surface area (TPSA) is 72.5 Å². The van der Waals surface area contributed by atoms with Crippen LogP contribution in [-0.2, 0) is 4.74 Å². The second-order valence-corrected chi connectivity index (χ2v) is 6.71. The van der Waals surface area contributed by atoms with Gasteiger partial charge in [0, 0.05) is 31.1 Å². The van der Waals surface area contributed by atoms with E-state index in [9.17, 15) is 4.79 Å². The van der Waals surface area contributed by atoms with Gasteiger partial charge in [0.2, 0.25) is 5.88 Å². The van der Waals surface area contributed by atoms with Crippen molar-refractivity contribution >= 4 is 11.7 Å². The molecule has 6 nitrogen and oxygen atoms in total. The quantitative estimate of drug-likeness (QED) is 0.846. The maximum absolute atomic E-state index is 12.0. The fourth-order valence-corrected chi connectivity index (χ4v) is 2.93. The largest absolute Gasteiger partial charge is 0.439 e. The second kappa shape index (κ2) is 8.67. The minimum atomic E-state index is -0.196. The predicted octanol–water partition coefficient (Wildman–Crippen LogP) is 4.12. The van der Waals surface area contributed by atoms with Gasteiger partial charge in [-0.25, -0.2) is 9.78 Å². The van der Waals surface area contributed by atoms with Gasteiger partial charge in [0.05, 0.1) is 6.10 Å². The Morgan fingerprint density at radius 3 is 2.77 bits per heavy atom. The maximum atomic E-state index is 12.0. The molecule has 0 aliphatic carbocycles. The predicted molar refractivity (Wildman–Crippen MR) is 101 cm³/mol. The average molecular weight is 355 g/mol. The zero-order valence-corrected chi connectivity index (χ0v) is 15.2. The normalized spacial score (nSPS) is 19.6. The molecular formula is C20H25N3O3. The first-order chi connectivity index (χ1) is 12.6. The van der Waals surface area contributed by atoms with Crippen molar-refractivity contribution in [3.05, 3.63) is 48.2 Å². The molecular weight excluding hydrogens is 330 g/mol. The first-order valence-electron chi connectivity index (χ1n) is 8.95. The van der Waals surface area contributed by atoms with Gasteiger partial charge < -0.3 is 20.1 Å². The third-order valence-corrected chi connectivity index (χ3v) is 4.36. The summed E-state index contributed by atoms with van der Waals surface area (Å²) in [6, 6.07) is 10.8. The van der Waals surface area contributed by atoms with E-state index in [4.69, 9.17) is 9.47 Å². The summed E-state index contributed by atoms with van der Waals surface area (Å²) in [7, 11) is 0. The molecule has 2 atom stereocenters. The van der Waals surface area contributed by atoms with E-state index < -0.39 is 0 Å². The van der Waals surface area contributed by atoms with Crippen LogP contribution in [-0.4, -0.2) is 30.3 Å². The molecule has 138 valence electrons. The Bertz CT molecular complexity index is 716. The van der Waals surface area contributed by atoms with E-state index in [0.717, 1.165) is 25.0 Å². The van der Waals surface area contributed by atoms with Crippen LogP contribution in [0.5, 0.6) is 11.6 Å². The van der Waals surface area contributed by atoms with Gasteiger partial charge in [-0.1, -0.05) is 6.07 Å². The van der Waals surface area contributed by atoms with Gasteiger partial charge in [0.15, 0.2) is 0 Å². The van der Waals surface area contributed by atoms with Crippen LogP contribution in [0.3, 0.4) is 0 Å². The van der Waals surface area contributed by atoms with Crippen LogP contribution in [0.4, 0.5) is 10.5 Å². The summed E-state index contributed by atoms with van der Waals surface area (Å²) in [5.41, 5.74) is 1.80. The number of urea groups is 1. The Morgan fingerprint density at radius 2 is 2.08 bits per heavy atom. The van der Waals surface area contributed by atoms with Gasteiger partial charge in [0.1, 0.15) is 5.75 Å². The van der Waals surface area contributed by atoms with Crippen molar-refractivity contribution in [2.24, 2.45) is 5.92 Å². The molecule has 2 heterocycles. The number of anilines is 1.